The largest absolute Gasteiger partial charge is 0.497 e. The summed E-state index contributed by atoms with van der Waals surface area (Å²) in [6.45, 7) is 7.88. The van der Waals surface area contributed by atoms with E-state index in [0.29, 0.717) is 5.92 Å². The number of hydrogen-bond donors (Lipinski definition) is 0. The molecule has 0 heterocycles. The first-order chi connectivity index (χ1) is 8.93. The highest BCUT2D eigenvalue weighted by atomic mass is 16.5. The second kappa shape index (κ2) is 6.98. The molecule has 1 aromatic rings. The third kappa shape index (κ3) is 4.78. The number of rotatable bonds is 5. The topological polar surface area (TPSA) is 35.5 Å². The van der Waals surface area contributed by atoms with E-state index in [1.54, 1.807) is 13.2 Å². The summed E-state index contributed by atoms with van der Waals surface area (Å²) in [6, 6.07) is 5.84. The van der Waals surface area contributed by atoms with E-state index in [1.807, 2.05) is 32.0 Å². The zero-order valence-electron chi connectivity index (χ0n) is 12.3. The fraction of sp³-hybridized carbons (Fsp3) is 0.438. The van der Waals surface area contributed by atoms with E-state index in [0.717, 1.165) is 16.9 Å². The molecule has 1 rings (SSSR count). The lowest BCUT2D eigenvalue weighted by Crippen LogP contribution is -2.08. The van der Waals surface area contributed by atoms with Crippen molar-refractivity contribution in [1.29, 1.82) is 0 Å². The van der Waals surface area contributed by atoms with E-state index in [9.17, 15) is 4.79 Å². The second-order valence-corrected chi connectivity index (χ2v) is 4.97. The molecule has 0 spiro atoms. The molecule has 0 aliphatic rings. The Morgan fingerprint density at radius 1 is 1.21 bits per heavy atom. The van der Waals surface area contributed by atoms with E-state index < -0.39 is 0 Å². The SMILES string of the molecule is COc1ccc(C=CC(=O)OC(C)C)c(C(C)C)c1. The van der Waals surface area contributed by atoms with Gasteiger partial charge in [0.05, 0.1) is 13.2 Å². The van der Waals surface area contributed by atoms with Crippen LogP contribution in [0.25, 0.3) is 6.08 Å². The molecule has 0 atom stereocenters. The van der Waals surface area contributed by atoms with Crippen LogP contribution in [-0.2, 0) is 9.53 Å². The number of hydrogen-bond acceptors (Lipinski definition) is 3. The van der Waals surface area contributed by atoms with Crippen LogP contribution >= 0.6 is 0 Å². The predicted octanol–water partition coefficient (Wildman–Crippen LogP) is 3.78. The maximum absolute atomic E-state index is 11.5. The van der Waals surface area contributed by atoms with Crippen LogP contribution in [-0.4, -0.2) is 19.2 Å². The fourth-order valence-corrected chi connectivity index (χ4v) is 1.76. The van der Waals surface area contributed by atoms with E-state index in [2.05, 4.69) is 13.8 Å². The molecule has 0 amide bonds. The Hall–Kier alpha value is -1.77. The highest BCUT2D eigenvalue weighted by Gasteiger charge is 2.07. The molecule has 19 heavy (non-hydrogen) atoms. The Balaban J connectivity index is 2.94. The van der Waals surface area contributed by atoms with Gasteiger partial charge in [0.2, 0.25) is 0 Å². The van der Waals surface area contributed by atoms with Crippen LogP contribution in [0.15, 0.2) is 24.3 Å². The Morgan fingerprint density at radius 3 is 2.42 bits per heavy atom. The number of methoxy groups -OCH3 is 1. The summed E-state index contributed by atoms with van der Waals surface area (Å²) in [4.78, 5) is 11.5. The van der Waals surface area contributed by atoms with Gasteiger partial charge < -0.3 is 9.47 Å². The molecule has 0 radical (unpaired) electrons. The van der Waals surface area contributed by atoms with E-state index in [1.165, 1.54) is 6.08 Å². The van der Waals surface area contributed by atoms with Gasteiger partial charge in [-0.25, -0.2) is 4.79 Å². The van der Waals surface area contributed by atoms with Crippen molar-refractivity contribution < 1.29 is 14.3 Å². The summed E-state index contributed by atoms with van der Waals surface area (Å²) in [7, 11) is 1.65. The van der Waals surface area contributed by atoms with Crippen molar-refractivity contribution in [3.05, 3.63) is 35.4 Å². The Morgan fingerprint density at radius 2 is 1.89 bits per heavy atom. The molecule has 104 valence electrons. The van der Waals surface area contributed by atoms with Crippen molar-refractivity contribution >= 4 is 12.0 Å². The van der Waals surface area contributed by atoms with Crippen LogP contribution in [0.3, 0.4) is 0 Å². The van der Waals surface area contributed by atoms with E-state index in [-0.39, 0.29) is 12.1 Å². The van der Waals surface area contributed by atoms with E-state index in [4.69, 9.17) is 9.47 Å². The van der Waals surface area contributed by atoms with Gasteiger partial charge in [-0.15, -0.1) is 0 Å². The van der Waals surface area contributed by atoms with Crippen molar-refractivity contribution in [2.75, 3.05) is 7.11 Å². The minimum Gasteiger partial charge on any atom is -0.497 e. The second-order valence-electron chi connectivity index (χ2n) is 4.97. The first kappa shape index (κ1) is 15.3. The van der Waals surface area contributed by atoms with Gasteiger partial charge in [0.1, 0.15) is 5.75 Å². The molecule has 0 aliphatic heterocycles. The van der Waals surface area contributed by atoms with Crippen molar-refractivity contribution in [2.45, 2.75) is 39.7 Å². The van der Waals surface area contributed by atoms with Gasteiger partial charge in [-0.1, -0.05) is 19.9 Å². The summed E-state index contributed by atoms with van der Waals surface area (Å²) in [5.74, 6) is 0.863. The van der Waals surface area contributed by atoms with Crippen LogP contribution in [0.4, 0.5) is 0 Å². The van der Waals surface area contributed by atoms with Gasteiger partial charge in [0.15, 0.2) is 0 Å². The average Bonchev–Trinajstić information content (AvgIpc) is 2.35. The molecule has 0 saturated carbocycles. The van der Waals surface area contributed by atoms with Crippen molar-refractivity contribution in [1.82, 2.24) is 0 Å². The number of carbonyl (C=O) groups excluding carboxylic acids is 1. The van der Waals surface area contributed by atoms with Crippen LogP contribution in [0, 0.1) is 0 Å². The van der Waals surface area contributed by atoms with Crippen molar-refractivity contribution in [3.8, 4) is 5.75 Å². The lowest BCUT2D eigenvalue weighted by Gasteiger charge is -2.12. The molecule has 0 N–H and O–H groups in total. The highest BCUT2D eigenvalue weighted by molar-refractivity contribution is 5.87. The molecule has 0 aromatic heterocycles. The quantitative estimate of drug-likeness (QED) is 0.598. The molecular weight excluding hydrogens is 240 g/mol. The molecule has 0 fully saturated rings. The molecule has 0 aliphatic carbocycles. The lowest BCUT2D eigenvalue weighted by atomic mass is 9.96. The van der Waals surface area contributed by atoms with Crippen LogP contribution in [0.5, 0.6) is 5.75 Å². The van der Waals surface area contributed by atoms with Gasteiger partial charge in [0, 0.05) is 6.08 Å². The third-order valence-electron chi connectivity index (χ3n) is 2.67. The van der Waals surface area contributed by atoms with Gasteiger partial charge >= 0.3 is 5.97 Å². The maximum atomic E-state index is 11.5. The molecule has 0 bridgehead atoms. The fourth-order valence-electron chi connectivity index (χ4n) is 1.76. The number of benzene rings is 1. The zero-order valence-corrected chi connectivity index (χ0v) is 12.3. The molecule has 0 saturated heterocycles. The molecular formula is C16H22O3. The maximum Gasteiger partial charge on any atom is 0.331 e. The van der Waals surface area contributed by atoms with Gasteiger partial charge in [-0.2, -0.15) is 0 Å². The monoisotopic (exact) mass is 262 g/mol. The average molecular weight is 262 g/mol. The first-order valence-electron chi connectivity index (χ1n) is 6.50. The zero-order chi connectivity index (χ0) is 14.4. The summed E-state index contributed by atoms with van der Waals surface area (Å²) in [5, 5.41) is 0. The minimum atomic E-state index is -0.319. The van der Waals surface area contributed by atoms with Crippen LogP contribution in [0.1, 0.15) is 44.7 Å². The van der Waals surface area contributed by atoms with E-state index >= 15 is 0 Å². The van der Waals surface area contributed by atoms with Crippen LogP contribution in [0.2, 0.25) is 0 Å². The van der Waals surface area contributed by atoms with Crippen LogP contribution < -0.4 is 4.74 Å². The first-order valence-corrected chi connectivity index (χ1v) is 6.50. The standard InChI is InChI=1S/C16H22O3/c1-11(2)15-10-14(18-5)8-6-13(15)7-9-16(17)19-12(3)4/h6-12H,1-5H3. The number of carbonyl (C=O) groups is 1. The summed E-state index contributed by atoms with van der Waals surface area (Å²) >= 11 is 0. The number of esters is 1. The lowest BCUT2D eigenvalue weighted by molar-refractivity contribution is -0.141. The summed E-state index contributed by atoms with van der Waals surface area (Å²) in [6.07, 6.45) is 3.16. The summed E-state index contributed by atoms with van der Waals surface area (Å²) < 4.78 is 10.3. The normalized spacial score (nSPS) is 11.3. The summed E-state index contributed by atoms with van der Waals surface area (Å²) in [5.41, 5.74) is 2.16. The predicted molar refractivity (Wildman–Crippen MR) is 77.3 cm³/mol. The Bertz CT molecular complexity index is 459. The van der Waals surface area contributed by atoms with Gasteiger partial charge in [0.25, 0.3) is 0 Å². The Kier molecular flexibility index (Phi) is 5.61. The molecule has 0 unspecified atom stereocenters. The molecule has 1 aromatic carbocycles. The number of ether oxygens (including phenoxy) is 2. The van der Waals surface area contributed by atoms with Gasteiger partial charge in [-0.05, 0) is 49.1 Å². The van der Waals surface area contributed by atoms with Crippen molar-refractivity contribution in [3.63, 3.8) is 0 Å². The smallest absolute Gasteiger partial charge is 0.331 e. The van der Waals surface area contributed by atoms with Gasteiger partial charge in [-0.3, -0.25) is 0 Å². The Labute approximate surface area is 115 Å². The van der Waals surface area contributed by atoms with Crippen molar-refractivity contribution in [2.24, 2.45) is 0 Å². The highest BCUT2D eigenvalue weighted by Crippen LogP contribution is 2.25. The molecule has 3 heteroatoms. The third-order valence-corrected chi connectivity index (χ3v) is 2.67. The molecule has 3 nitrogen and oxygen atoms in total. The minimum absolute atomic E-state index is 0.0995.